The molecule has 26 heavy (non-hydrogen) atoms. The number of ether oxygens (including phenoxy) is 1. The van der Waals surface area contributed by atoms with E-state index in [1.807, 2.05) is 74.5 Å². The first-order chi connectivity index (χ1) is 12.6. The summed E-state index contributed by atoms with van der Waals surface area (Å²) in [7, 11) is 0. The predicted octanol–water partition coefficient (Wildman–Crippen LogP) is 3.72. The van der Waals surface area contributed by atoms with Crippen LogP contribution < -0.4 is 5.32 Å². The molecule has 0 aliphatic carbocycles. The van der Waals surface area contributed by atoms with Crippen LogP contribution in [0.5, 0.6) is 0 Å². The van der Waals surface area contributed by atoms with Crippen LogP contribution in [0.2, 0.25) is 0 Å². The van der Waals surface area contributed by atoms with Crippen LogP contribution in [0.3, 0.4) is 0 Å². The van der Waals surface area contributed by atoms with Crippen LogP contribution in [0.25, 0.3) is 0 Å². The predicted molar refractivity (Wildman–Crippen MR) is 103 cm³/mol. The third-order valence-corrected chi connectivity index (χ3v) is 4.55. The maximum Gasteiger partial charge on any atom is 0.314 e. The smallest absolute Gasteiger partial charge is 0.314 e. The molecule has 2 aromatic carbocycles. The lowest BCUT2D eigenvalue weighted by Gasteiger charge is -2.21. The normalized spacial score (nSPS) is 12.8. The van der Waals surface area contributed by atoms with Gasteiger partial charge in [0.1, 0.15) is 0 Å². The van der Waals surface area contributed by atoms with Gasteiger partial charge in [0.2, 0.25) is 0 Å². The molecule has 0 aromatic heterocycles. The van der Waals surface area contributed by atoms with Crippen molar-refractivity contribution in [2.24, 2.45) is 5.92 Å². The van der Waals surface area contributed by atoms with Crippen molar-refractivity contribution in [2.75, 3.05) is 13.2 Å². The highest BCUT2D eigenvalue weighted by molar-refractivity contribution is 5.83. The number of amides is 1. The molecule has 4 heteroatoms. The Morgan fingerprint density at radius 1 is 1.00 bits per heavy atom. The van der Waals surface area contributed by atoms with E-state index in [4.69, 9.17) is 4.74 Å². The zero-order valence-corrected chi connectivity index (χ0v) is 15.5. The van der Waals surface area contributed by atoms with Crippen LogP contribution in [-0.4, -0.2) is 25.0 Å². The molecule has 0 saturated carbocycles. The lowest BCUT2D eigenvalue weighted by Crippen LogP contribution is -2.32. The molecule has 2 atom stereocenters. The summed E-state index contributed by atoms with van der Waals surface area (Å²) in [5.41, 5.74) is 2.09. The van der Waals surface area contributed by atoms with Gasteiger partial charge in [-0.1, -0.05) is 80.9 Å². The van der Waals surface area contributed by atoms with Crippen LogP contribution >= 0.6 is 0 Å². The van der Waals surface area contributed by atoms with E-state index in [2.05, 4.69) is 5.32 Å². The molecule has 4 nitrogen and oxygen atoms in total. The molecule has 0 spiro atoms. The number of hydrogen-bond donors (Lipinski definition) is 1. The number of carbonyl (C=O) groups is 2. The van der Waals surface area contributed by atoms with Crippen molar-refractivity contribution in [1.82, 2.24) is 5.32 Å². The lowest BCUT2D eigenvalue weighted by atomic mass is 9.86. The topological polar surface area (TPSA) is 55.4 Å². The second kappa shape index (κ2) is 10.4. The molecular formula is C22H27NO3. The Balaban J connectivity index is 1.82. The molecule has 2 rings (SSSR count). The Morgan fingerprint density at radius 2 is 1.62 bits per heavy atom. The molecule has 0 unspecified atom stereocenters. The summed E-state index contributed by atoms with van der Waals surface area (Å²) in [5, 5.41) is 2.79. The van der Waals surface area contributed by atoms with Crippen molar-refractivity contribution < 1.29 is 14.3 Å². The van der Waals surface area contributed by atoms with Crippen LogP contribution in [0.1, 0.15) is 37.3 Å². The van der Waals surface area contributed by atoms with Gasteiger partial charge in [0, 0.05) is 6.54 Å². The maximum atomic E-state index is 12.5. The summed E-state index contributed by atoms with van der Waals surface area (Å²) in [6.45, 7) is 4.35. The fourth-order valence-electron chi connectivity index (χ4n) is 2.86. The van der Waals surface area contributed by atoms with E-state index in [1.54, 1.807) is 0 Å². The van der Waals surface area contributed by atoms with Gasteiger partial charge in [0.15, 0.2) is 6.61 Å². The van der Waals surface area contributed by atoms with Gasteiger partial charge in [-0.25, -0.2) is 0 Å². The van der Waals surface area contributed by atoms with Crippen LogP contribution in [0.15, 0.2) is 60.7 Å². The largest absolute Gasteiger partial charge is 0.455 e. The minimum absolute atomic E-state index is 0.144. The van der Waals surface area contributed by atoms with Gasteiger partial charge in [-0.05, 0) is 23.5 Å². The SMILES string of the molecule is CC[C@@H](C)[C@H](C(=O)OCC(=O)NCCc1ccccc1)c1ccccc1. The third kappa shape index (κ3) is 6.03. The van der Waals surface area contributed by atoms with E-state index in [0.717, 1.165) is 24.0 Å². The van der Waals surface area contributed by atoms with Crippen LogP contribution in [0, 0.1) is 5.92 Å². The zero-order valence-electron chi connectivity index (χ0n) is 15.5. The monoisotopic (exact) mass is 353 g/mol. The summed E-state index contributed by atoms with van der Waals surface area (Å²) in [4.78, 5) is 24.5. The van der Waals surface area contributed by atoms with E-state index >= 15 is 0 Å². The molecule has 0 heterocycles. The first-order valence-electron chi connectivity index (χ1n) is 9.14. The fourth-order valence-corrected chi connectivity index (χ4v) is 2.86. The van der Waals surface area contributed by atoms with Crippen molar-refractivity contribution >= 4 is 11.9 Å². The number of rotatable bonds is 9. The van der Waals surface area contributed by atoms with Crippen molar-refractivity contribution in [3.05, 3.63) is 71.8 Å². The van der Waals surface area contributed by atoms with Crippen LogP contribution in [0.4, 0.5) is 0 Å². The van der Waals surface area contributed by atoms with Gasteiger partial charge < -0.3 is 10.1 Å². The number of esters is 1. The van der Waals surface area contributed by atoms with Crippen molar-refractivity contribution in [1.29, 1.82) is 0 Å². The average Bonchev–Trinajstić information content (AvgIpc) is 2.68. The quantitative estimate of drug-likeness (QED) is 0.699. The first-order valence-corrected chi connectivity index (χ1v) is 9.14. The van der Waals surface area contributed by atoms with Gasteiger partial charge in [0.05, 0.1) is 5.92 Å². The van der Waals surface area contributed by atoms with E-state index in [9.17, 15) is 9.59 Å². The number of carbonyl (C=O) groups excluding carboxylic acids is 2. The van der Waals surface area contributed by atoms with Crippen molar-refractivity contribution in [3.63, 3.8) is 0 Å². The van der Waals surface area contributed by atoms with Gasteiger partial charge >= 0.3 is 5.97 Å². The molecular weight excluding hydrogens is 326 g/mol. The van der Waals surface area contributed by atoms with Gasteiger partial charge in [0.25, 0.3) is 5.91 Å². The Kier molecular flexibility index (Phi) is 7.87. The summed E-state index contributed by atoms with van der Waals surface area (Å²) >= 11 is 0. The van der Waals surface area contributed by atoms with Crippen molar-refractivity contribution in [2.45, 2.75) is 32.6 Å². The molecule has 0 bridgehead atoms. The standard InChI is InChI=1S/C22H27NO3/c1-3-17(2)21(19-12-8-5-9-13-19)22(25)26-16-20(24)23-15-14-18-10-6-4-7-11-18/h4-13,17,21H,3,14-16H2,1-2H3,(H,23,24)/t17-,21+/m1/s1. The van der Waals surface area contributed by atoms with Crippen molar-refractivity contribution in [3.8, 4) is 0 Å². The Morgan fingerprint density at radius 3 is 2.23 bits per heavy atom. The second-order valence-corrected chi connectivity index (χ2v) is 6.47. The fraction of sp³-hybridized carbons (Fsp3) is 0.364. The highest BCUT2D eigenvalue weighted by Gasteiger charge is 2.27. The molecule has 1 amide bonds. The lowest BCUT2D eigenvalue weighted by molar-refractivity contribution is -0.151. The van der Waals surface area contributed by atoms with E-state index < -0.39 is 0 Å². The Labute approximate surface area is 155 Å². The molecule has 0 aliphatic rings. The second-order valence-electron chi connectivity index (χ2n) is 6.47. The number of benzene rings is 2. The molecule has 2 aromatic rings. The highest BCUT2D eigenvalue weighted by Crippen LogP contribution is 2.28. The zero-order chi connectivity index (χ0) is 18.8. The molecule has 138 valence electrons. The molecule has 0 fully saturated rings. The minimum Gasteiger partial charge on any atom is -0.455 e. The molecule has 1 N–H and O–H groups in total. The Hall–Kier alpha value is -2.62. The average molecular weight is 353 g/mol. The minimum atomic E-state index is -0.349. The number of nitrogens with one attached hydrogen (secondary N) is 1. The summed E-state index contributed by atoms with van der Waals surface area (Å²) in [5.74, 6) is -0.821. The highest BCUT2D eigenvalue weighted by atomic mass is 16.5. The summed E-state index contributed by atoms with van der Waals surface area (Å²) in [6.07, 6.45) is 1.61. The van der Waals surface area contributed by atoms with E-state index in [-0.39, 0.29) is 30.3 Å². The first kappa shape index (κ1) is 19.7. The Bertz CT molecular complexity index is 685. The van der Waals surface area contributed by atoms with Crippen LogP contribution in [-0.2, 0) is 20.7 Å². The third-order valence-electron chi connectivity index (χ3n) is 4.55. The van der Waals surface area contributed by atoms with Gasteiger partial charge in [-0.2, -0.15) is 0 Å². The molecule has 0 radical (unpaired) electrons. The van der Waals surface area contributed by atoms with E-state index in [0.29, 0.717) is 6.54 Å². The number of hydrogen-bond acceptors (Lipinski definition) is 3. The summed E-state index contributed by atoms with van der Waals surface area (Å²) < 4.78 is 5.30. The van der Waals surface area contributed by atoms with Gasteiger partial charge in [-0.3, -0.25) is 9.59 Å². The van der Waals surface area contributed by atoms with Gasteiger partial charge in [-0.15, -0.1) is 0 Å². The maximum absolute atomic E-state index is 12.5. The van der Waals surface area contributed by atoms with E-state index in [1.165, 1.54) is 0 Å². The molecule has 0 saturated heterocycles. The molecule has 0 aliphatic heterocycles. The summed E-state index contributed by atoms with van der Waals surface area (Å²) in [6, 6.07) is 19.5.